The number of pyridine rings is 1. The molecule has 1 aliphatic heterocycles. The Balaban J connectivity index is 1.71. The van der Waals surface area contributed by atoms with Crippen molar-refractivity contribution in [2.24, 2.45) is 0 Å². The van der Waals surface area contributed by atoms with E-state index in [1.165, 1.54) is 29.1 Å². The molecule has 1 saturated heterocycles. The molecule has 0 unspecified atom stereocenters. The minimum atomic E-state index is -0.923. The fourth-order valence-electron chi connectivity index (χ4n) is 3.20. The van der Waals surface area contributed by atoms with E-state index < -0.39 is 17.4 Å². The van der Waals surface area contributed by atoms with E-state index in [2.05, 4.69) is 20.7 Å². The highest BCUT2D eigenvalue weighted by molar-refractivity contribution is 8.00. The molecule has 4 rings (SSSR count). The van der Waals surface area contributed by atoms with Crippen LogP contribution in [0.15, 0.2) is 36.5 Å². The van der Waals surface area contributed by atoms with Gasteiger partial charge in [0, 0.05) is 28.8 Å². The number of hydrogen-bond acceptors (Lipinski definition) is 7. The van der Waals surface area contributed by atoms with E-state index in [-0.39, 0.29) is 56.4 Å². The second-order valence-corrected chi connectivity index (χ2v) is 11.0. The van der Waals surface area contributed by atoms with E-state index >= 15 is 0 Å². The second-order valence-electron chi connectivity index (χ2n) is 8.63. The van der Waals surface area contributed by atoms with Crippen LogP contribution in [0.4, 0.5) is 5.69 Å². The number of rotatable bonds is 8. The molecule has 0 aliphatic carbocycles. The summed E-state index contributed by atoms with van der Waals surface area (Å²) in [6.45, 7) is 2.99. The number of benzene rings is 1. The number of ether oxygens (including phenoxy) is 1. The maximum atomic E-state index is 13.5. The van der Waals surface area contributed by atoms with Crippen molar-refractivity contribution >= 4 is 64.1 Å². The summed E-state index contributed by atoms with van der Waals surface area (Å²) in [6.07, 6.45) is 1.51. The molecule has 36 heavy (non-hydrogen) atoms. The molecule has 1 fully saturated rings. The molecule has 3 aromatic rings. The number of carbonyl (C=O) groups is 2. The number of thioether (sulfide) groups is 1. The van der Waals surface area contributed by atoms with E-state index in [9.17, 15) is 14.7 Å². The predicted octanol–water partition coefficient (Wildman–Crippen LogP) is 4.47. The number of carbonyl (C=O) groups excluding carboxylic acids is 2. The van der Waals surface area contributed by atoms with Crippen molar-refractivity contribution in [2.45, 2.75) is 25.5 Å². The minimum absolute atomic E-state index is 0.00986. The molecule has 0 bridgehead atoms. The van der Waals surface area contributed by atoms with Crippen LogP contribution in [-0.4, -0.2) is 61.4 Å². The van der Waals surface area contributed by atoms with Gasteiger partial charge in [-0.15, -0.1) is 5.10 Å². The molecule has 3 heterocycles. The third-order valence-electron chi connectivity index (χ3n) is 5.14. The summed E-state index contributed by atoms with van der Waals surface area (Å²) < 4.78 is 7.14. The van der Waals surface area contributed by atoms with Gasteiger partial charge in [0.05, 0.1) is 33.4 Å². The standard InChI is InChI=1S/C23H22Cl3N5O4S/c1-23(2,11-32)29-21(33)14-6-12(24)7-16(26)19(14)28-22(34)17-8-18(35-13-9-36-10-13)30-31(17)20-15(25)4-3-5-27-20/h3-8,13,32H,9-11H2,1-2H3,(H,28,34)(H,29,33). The van der Waals surface area contributed by atoms with Crippen LogP contribution in [0.5, 0.6) is 5.88 Å². The van der Waals surface area contributed by atoms with Crippen molar-refractivity contribution < 1.29 is 19.4 Å². The molecule has 13 heteroatoms. The lowest BCUT2D eigenvalue weighted by molar-refractivity contribution is 0.0870. The van der Waals surface area contributed by atoms with Crippen LogP contribution in [0, 0.1) is 0 Å². The number of nitrogens with zero attached hydrogens (tertiary/aromatic N) is 3. The van der Waals surface area contributed by atoms with Crippen LogP contribution in [-0.2, 0) is 0 Å². The summed E-state index contributed by atoms with van der Waals surface area (Å²) in [4.78, 5) is 30.7. The minimum Gasteiger partial charge on any atom is -0.472 e. The number of aromatic nitrogens is 3. The molecular weight excluding hydrogens is 549 g/mol. The Bertz CT molecular complexity index is 1310. The fourth-order valence-corrected chi connectivity index (χ4v) is 4.50. The van der Waals surface area contributed by atoms with Crippen molar-refractivity contribution in [2.75, 3.05) is 23.4 Å². The number of halogens is 3. The summed E-state index contributed by atoms with van der Waals surface area (Å²) in [7, 11) is 0. The first-order chi connectivity index (χ1) is 17.1. The largest absolute Gasteiger partial charge is 0.472 e. The summed E-state index contributed by atoms with van der Waals surface area (Å²) >= 11 is 20.6. The van der Waals surface area contributed by atoms with E-state index in [1.807, 2.05) is 0 Å². The van der Waals surface area contributed by atoms with Crippen molar-refractivity contribution in [3.8, 4) is 11.7 Å². The SMILES string of the molecule is CC(C)(CO)NC(=O)c1cc(Cl)cc(Cl)c1NC(=O)c1cc(OC2CSC2)nn1-c1ncccc1Cl. The Morgan fingerprint density at radius 2 is 1.94 bits per heavy atom. The van der Waals surface area contributed by atoms with E-state index in [1.54, 1.807) is 37.7 Å². The molecule has 1 aliphatic rings. The molecule has 0 spiro atoms. The highest BCUT2D eigenvalue weighted by Crippen LogP contribution is 2.32. The molecule has 0 atom stereocenters. The van der Waals surface area contributed by atoms with Gasteiger partial charge in [-0.05, 0) is 38.1 Å². The second kappa shape index (κ2) is 10.9. The smallest absolute Gasteiger partial charge is 0.274 e. The number of anilines is 1. The third-order valence-corrected chi connectivity index (χ3v) is 7.17. The third kappa shape index (κ3) is 5.90. The summed E-state index contributed by atoms with van der Waals surface area (Å²) in [5.41, 5.74) is -0.805. The lowest BCUT2D eigenvalue weighted by Crippen LogP contribution is -2.46. The van der Waals surface area contributed by atoms with Gasteiger partial charge in [0.1, 0.15) is 11.8 Å². The van der Waals surface area contributed by atoms with Gasteiger partial charge in [0.2, 0.25) is 5.88 Å². The number of hydrogen-bond donors (Lipinski definition) is 3. The van der Waals surface area contributed by atoms with Crippen LogP contribution in [0.2, 0.25) is 15.1 Å². The maximum absolute atomic E-state index is 13.5. The normalized spacial score (nSPS) is 13.7. The Morgan fingerprint density at radius 1 is 1.19 bits per heavy atom. The highest BCUT2D eigenvalue weighted by Gasteiger charge is 2.28. The molecule has 0 saturated carbocycles. The Hall–Kier alpha value is -2.50. The Kier molecular flexibility index (Phi) is 8.01. The van der Waals surface area contributed by atoms with Gasteiger partial charge in [-0.3, -0.25) is 9.59 Å². The van der Waals surface area contributed by atoms with E-state index in [4.69, 9.17) is 39.5 Å². The van der Waals surface area contributed by atoms with Crippen molar-refractivity contribution in [3.63, 3.8) is 0 Å². The summed E-state index contributed by atoms with van der Waals surface area (Å²) in [5, 5.41) is 19.8. The molecule has 0 radical (unpaired) electrons. The van der Waals surface area contributed by atoms with Gasteiger partial charge in [-0.2, -0.15) is 11.8 Å². The van der Waals surface area contributed by atoms with Crippen LogP contribution < -0.4 is 15.4 Å². The number of aliphatic hydroxyl groups excluding tert-OH is 1. The quantitative estimate of drug-likeness (QED) is 0.366. The molecule has 3 N–H and O–H groups in total. The molecule has 1 aromatic carbocycles. The lowest BCUT2D eigenvalue weighted by Gasteiger charge is -2.24. The lowest BCUT2D eigenvalue weighted by atomic mass is 10.1. The average molecular weight is 571 g/mol. The van der Waals surface area contributed by atoms with Gasteiger partial charge in [0.15, 0.2) is 5.82 Å². The first-order valence-corrected chi connectivity index (χ1v) is 13.1. The zero-order chi connectivity index (χ0) is 26.0. The van der Waals surface area contributed by atoms with Crippen molar-refractivity contribution in [1.82, 2.24) is 20.1 Å². The maximum Gasteiger partial charge on any atom is 0.274 e. The van der Waals surface area contributed by atoms with Crippen molar-refractivity contribution in [3.05, 3.63) is 62.9 Å². The fraction of sp³-hybridized carbons (Fsp3) is 0.304. The molecule has 2 aromatic heterocycles. The first-order valence-electron chi connectivity index (χ1n) is 10.8. The predicted molar refractivity (Wildman–Crippen MR) is 141 cm³/mol. The molecule has 2 amide bonds. The monoisotopic (exact) mass is 569 g/mol. The van der Waals surface area contributed by atoms with Gasteiger partial charge in [0.25, 0.3) is 11.8 Å². The van der Waals surface area contributed by atoms with Gasteiger partial charge in [-0.1, -0.05) is 34.8 Å². The zero-order valence-electron chi connectivity index (χ0n) is 19.2. The van der Waals surface area contributed by atoms with Gasteiger partial charge < -0.3 is 20.5 Å². The Morgan fingerprint density at radius 3 is 2.58 bits per heavy atom. The van der Waals surface area contributed by atoms with Crippen molar-refractivity contribution in [1.29, 1.82) is 0 Å². The van der Waals surface area contributed by atoms with E-state index in [0.29, 0.717) is 0 Å². The Labute approximate surface area is 226 Å². The number of amides is 2. The van der Waals surface area contributed by atoms with Gasteiger partial charge >= 0.3 is 0 Å². The van der Waals surface area contributed by atoms with E-state index in [0.717, 1.165) is 11.5 Å². The van der Waals surface area contributed by atoms with Gasteiger partial charge in [-0.25, -0.2) is 9.67 Å². The van der Waals surface area contributed by atoms with Crippen LogP contribution in [0.3, 0.4) is 0 Å². The topological polar surface area (TPSA) is 118 Å². The molecular formula is C23H22Cl3N5O4S. The average Bonchev–Trinajstić information content (AvgIpc) is 3.21. The van der Waals surface area contributed by atoms with Crippen LogP contribution in [0.1, 0.15) is 34.7 Å². The molecule has 9 nitrogen and oxygen atoms in total. The first kappa shape index (κ1) is 26.6. The zero-order valence-corrected chi connectivity index (χ0v) is 22.3. The van der Waals surface area contributed by atoms with Crippen LogP contribution in [0.25, 0.3) is 5.82 Å². The summed E-state index contributed by atoms with van der Waals surface area (Å²) in [6, 6.07) is 7.54. The highest BCUT2D eigenvalue weighted by atomic mass is 35.5. The molecule has 190 valence electrons. The number of aliphatic hydroxyl groups is 1. The summed E-state index contributed by atoms with van der Waals surface area (Å²) in [5.74, 6) is 0.885. The van der Waals surface area contributed by atoms with Crippen LogP contribution >= 0.6 is 46.6 Å². The number of nitrogens with one attached hydrogen (secondary N) is 2.